The fourth-order valence-corrected chi connectivity index (χ4v) is 2.99. The van der Waals surface area contributed by atoms with Crippen molar-refractivity contribution >= 4 is 11.8 Å². The Kier molecular flexibility index (Phi) is 5.20. The fourth-order valence-electron chi connectivity index (χ4n) is 2.99. The summed E-state index contributed by atoms with van der Waals surface area (Å²) in [5, 5.41) is 7.55. The van der Waals surface area contributed by atoms with Crippen LogP contribution in [0, 0.1) is 0 Å². The number of likely N-dealkylation sites (N-methyl/N-ethyl adjacent to an activating group) is 1. The molecule has 3 rings (SSSR count). The van der Waals surface area contributed by atoms with Gasteiger partial charge in [0.15, 0.2) is 0 Å². The second-order valence-electron chi connectivity index (χ2n) is 6.52. The molecule has 1 aliphatic carbocycles. The average Bonchev–Trinajstić information content (AvgIpc) is 3.05. The Morgan fingerprint density at radius 2 is 2.23 bits per heavy atom. The highest BCUT2D eigenvalue weighted by Gasteiger charge is 2.26. The lowest BCUT2D eigenvalue weighted by atomic mass is 9.93. The number of nitrogens with one attached hydrogen (secondary N) is 1. The van der Waals surface area contributed by atoms with Crippen LogP contribution in [0.3, 0.4) is 0 Å². The number of pyridine rings is 1. The van der Waals surface area contributed by atoms with Gasteiger partial charge in [0, 0.05) is 32.6 Å². The summed E-state index contributed by atoms with van der Waals surface area (Å²) in [5.74, 6) is 0.299. The number of rotatable bonds is 5. The van der Waals surface area contributed by atoms with E-state index in [1.807, 2.05) is 6.20 Å². The minimum atomic E-state index is -0.263. The first-order valence-corrected chi connectivity index (χ1v) is 8.55. The summed E-state index contributed by atoms with van der Waals surface area (Å²) in [6, 6.07) is 3.11. The average molecular weight is 357 g/mol. The van der Waals surface area contributed by atoms with E-state index in [0.29, 0.717) is 11.4 Å². The Labute approximate surface area is 152 Å². The summed E-state index contributed by atoms with van der Waals surface area (Å²) in [7, 11) is 4.98. The molecule has 1 atom stereocenters. The molecule has 138 valence electrons. The highest BCUT2D eigenvalue weighted by molar-refractivity contribution is 5.92. The van der Waals surface area contributed by atoms with Crippen LogP contribution in [0.1, 0.15) is 40.6 Å². The fraction of sp³-hybridized carbons (Fsp3) is 0.444. The lowest BCUT2D eigenvalue weighted by Gasteiger charge is -2.22. The molecule has 2 aromatic heterocycles. The Hall–Kier alpha value is -2.90. The first-order chi connectivity index (χ1) is 12.5. The van der Waals surface area contributed by atoms with Gasteiger partial charge in [0.2, 0.25) is 5.91 Å². The van der Waals surface area contributed by atoms with E-state index in [1.54, 1.807) is 44.2 Å². The van der Waals surface area contributed by atoms with E-state index in [4.69, 9.17) is 4.74 Å². The van der Waals surface area contributed by atoms with Crippen LogP contribution in [-0.4, -0.2) is 52.7 Å². The highest BCUT2D eigenvalue weighted by Crippen LogP contribution is 2.28. The number of carbonyl (C=O) groups excluding carboxylic acids is 2. The van der Waals surface area contributed by atoms with E-state index in [0.717, 1.165) is 30.5 Å². The summed E-state index contributed by atoms with van der Waals surface area (Å²) >= 11 is 0. The van der Waals surface area contributed by atoms with E-state index < -0.39 is 0 Å². The second kappa shape index (κ2) is 7.55. The summed E-state index contributed by atoms with van der Waals surface area (Å²) in [5.41, 5.74) is 2.21. The Balaban J connectivity index is 1.75. The van der Waals surface area contributed by atoms with Crippen LogP contribution in [-0.2, 0) is 17.8 Å². The van der Waals surface area contributed by atoms with Gasteiger partial charge >= 0.3 is 0 Å². The third kappa shape index (κ3) is 3.84. The number of nitrogens with zero attached hydrogens (tertiary/aromatic N) is 4. The van der Waals surface area contributed by atoms with Crippen LogP contribution in [0.5, 0.6) is 5.75 Å². The molecule has 0 aromatic carbocycles. The molecule has 1 aliphatic rings. The molecule has 8 heteroatoms. The van der Waals surface area contributed by atoms with Crippen molar-refractivity contribution in [2.45, 2.75) is 31.8 Å². The largest absolute Gasteiger partial charge is 0.497 e. The van der Waals surface area contributed by atoms with Crippen molar-refractivity contribution in [3.8, 4) is 5.75 Å². The quantitative estimate of drug-likeness (QED) is 0.868. The number of ether oxygens (including phenoxy) is 1. The van der Waals surface area contributed by atoms with E-state index >= 15 is 0 Å². The van der Waals surface area contributed by atoms with Gasteiger partial charge in [-0.15, -0.1) is 0 Å². The van der Waals surface area contributed by atoms with Gasteiger partial charge < -0.3 is 15.0 Å². The van der Waals surface area contributed by atoms with Crippen molar-refractivity contribution in [2.24, 2.45) is 0 Å². The van der Waals surface area contributed by atoms with Crippen molar-refractivity contribution in [3.05, 3.63) is 41.5 Å². The third-order valence-corrected chi connectivity index (χ3v) is 4.44. The Morgan fingerprint density at radius 1 is 1.42 bits per heavy atom. The maximum Gasteiger partial charge on any atom is 0.270 e. The monoisotopic (exact) mass is 357 g/mol. The minimum absolute atomic E-state index is 0.0222. The van der Waals surface area contributed by atoms with Crippen LogP contribution in [0.25, 0.3) is 0 Å². The van der Waals surface area contributed by atoms with Gasteiger partial charge in [-0.3, -0.25) is 19.3 Å². The molecule has 0 radical (unpaired) electrons. The molecular formula is C18H23N5O3. The van der Waals surface area contributed by atoms with Gasteiger partial charge in [0.1, 0.15) is 18.0 Å². The third-order valence-electron chi connectivity index (χ3n) is 4.44. The van der Waals surface area contributed by atoms with Crippen LogP contribution in [0.15, 0.2) is 24.5 Å². The lowest BCUT2D eigenvalue weighted by molar-refractivity contribution is -0.129. The predicted octanol–water partition coefficient (Wildman–Crippen LogP) is 1.18. The number of aryl methyl sites for hydroxylation is 1. The molecule has 26 heavy (non-hydrogen) atoms. The topological polar surface area (TPSA) is 89.3 Å². The molecule has 0 saturated heterocycles. The number of fused-ring (bicyclic) bond motifs is 1. The van der Waals surface area contributed by atoms with Crippen LogP contribution < -0.4 is 10.1 Å². The zero-order valence-corrected chi connectivity index (χ0v) is 15.2. The maximum atomic E-state index is 12.5. The van der Waals surface area contributed by atoms with Gasteiger partial charge in [-0.1, -0.05) is 0 Å². The standard InChI is InChI=1S/C18H23N5O3/c1-22(2)16(24)11-23-10-12-5-4-6-14(17(12)21-23)20-18(25)15-9-13(26-3)7-8-19-15/h7-10,14H,4-6,11H2,1-3H3,(H,20,25)/t14-/m0/s1. The van der Waals surface area contributed by atoms with E-state index in [1.165, 1.54) is 4.90 Å². The first kappa shape index (κ1) is 17.9. The van der Waals surface area contributed by atoms with E-state index in [9.17, 15) is 9.59 Å². The zero-order chi connectivity index (χ0) is 18.7. The summed E-state index contributed by atoms with van der Waals surface area (Å²) < 4.78 is 6.79. The number of carbonyl (C=O) groups is 2. The van der Waals surface area contributed by atoms with Crippen molar-refractivity contribution < 1.29 is 14.3 Å². The smallest absolute Gasteiger partial charge is 0.270 e. The Morgan fingerprint density at radius 3 is 2.96 bits per heavy atom. The summed E-state index contributed by atoms with van der Waals surface area (Å²) in [4.78, 5) is 30.1. The van der Waals surface area contributed by atoms with Crippen molar-refractivity contribution in [1.29, 1.82) is 0 Å². The van der Waals surface area contributed by atoms with Crippen molar-refractivity contribution in [2.75, 3.05) is 21.2 Å². The SMILES string of the molecule is COc1ccnc(C(=O)N[C@H]2CCCc3cn(CC(=O)N(C)C)nc32)c1. The molecule has 2 heterocycles. The van der Waals surface area contributed by atoms with Crippen molar-refractivity contribution in [3.63, 3.8) is 0 Å². The first-order valence-electron chi connectivity index (χ1n) is 8.55. The van der Waals surface area contributed by atoms with Crippen LogP contribution in [0.2, 0.25) is 0 Å². The normalized spacial score (nSPS) is 15.9. The minimum Gasteiger partial charge on any atom is -0.497 e. The molecule has 2 amide bonds. The number of amides is 2. The van der Waals surface area contributed by atoms with E-state index in [2.05, 4.69) is 15.4 Å². The Bertz CT molecular complexity index is 815. The van der Waals surface area contributed by atoms with Gasteiger partial charge in [-0.05, 0) is 30.9 Å². The number of aromatic nitrogens is 3. The molecule has 0 bridgehead atoms. The van der Waals surface area contributed by atoms with Gasteiger partial charge in [0.25, 0.3) is 5.91 Å². The zero-order valence-electron chi connectivity index (χ0n) is 15.2. The molecular weight excluding hydrogens is 334 g/mol. The molecule has 1 N–H and O–H groups in total. The van der Waals surface area contributed by atoms with Crippen molar-refractivity contribution in [1.82, 2.24) is 25.0 Å². The lowest BCUT2D eigenvalue weighted by Crippen LogP contribution is -2.31. The van der Waals surface area contributed by atoms with Crippen LogP contribution >= 0.6 is 0 Å². The molecule has 8 nitrogen and oxygen atoms in total. The number of hydrogen-bond donors (Lipinski definition) is 1. The summed E-state index contributed by atoms with van der Waals surface area (Å²) in [6.07, 6.45) is 6.11. The molecule has 0 saturated carbocycles. The molecule has 0 fully saturated rings. The van der Waals surface area contributed by atoms with Crippen LogP contribution in [0.4, 0.5) is 0 Å². The number of hydrogen-bond acceptors (Lipinski definition) is 5. The summed E-state index contributed by atoms with van der Waals surface area (Å²) in [6.45, 7) is 0.193. The van der Waals surface area contributed by atoms with Gasteiger partial charge in [-0.25, -0.2) is 0 Å². The molecule has 0 spiro atoms. The molecule has 0 aliphatic heterocycles. The van der Waals surface area contributed by atoms with Gasteiger partial charge in [-0.2, -0.15) is 5.10 Å². The molecule has 0 unspecified atom stereocenters. The predicted molar refractivity (Wildman–Crippen MR) is 94.9 cm³/mol. The second-order valence-corrected chi connectivity index (χ2v) is 6.52. The molecule has 2 aromatic rings. The number of methoxy groups -OCH3 is 1. The maximum absolute atomic E-state index is 12.5. The van der Waals surface area contributed by atoms with Gasteiger partial charge in [0.05, 0.1) is 18.8 Å². The van der Waals surface area contributed by atoms with E-state index in [-0.39, 0.29) is 24.4 Å². The highest BCUT2D eigenvalue weighted by atomic mass is 16.5.